The molecular formula is C26H23FN2O4S. The first-order chi connectivity index (χ1) is 16.3. The van der Waals surface area contributed by atoms with Crippen molar-refractivity contribution in [3.63, 3.8) is 0 Å². The number of fused-ring (bicyclic) bond motifs is 5. The maximum absolute atomic E-state index is 14.9. The van der Waals surface area contributed by atoms with Crippen molar-refractivity contribution in [2.75, 3.05) is 5.75 Å². The van der Waals surface area contributed by atoms with E-state index >= 15 is 0 Å². The molecule has 6 nitrogen and oxygen atoms in total. The van der Waals surface area contributed by atoms with Crippen molar-refractivity contribution in [1.29, 1.82) is 0 Å². The van der Waals surface area contributed by atoms with Gasteiger partial charge >= 0.3 is 5.97 Å². The Kier molecular flexibility index (Phi) is 4.07. The zero-order chi connectivity index (χ0) is 23.5. The lowest BCUT2D eigenvalue weighted by Crippen LogP contribution is -2.44. The van der Waals surface area contributed by atoms with Gasteiger partial charge in [0.05, 0.1) is 29.0 Å². The summed E-state index contributed by atoms with van der Waals surface area (Å²) in [5, 5.41) is 12.1. The fraction of sp³-hybridized carbons (Fsp3) is 0.423. The van der Waals surface area contributed by atoms with Gasteiger partial charge in [0.25, 0.3) is 5.56 Å². The minimum atomic E-state index is -1.86. The van der Waals surface area contributed by atoms with E-state index in [-0.39, 0.29) is 24.4 Å². The maximum Gasteiger partial charge on any atom is 0.343 e. The Morgan fingerprint density at radius 3 is 2.82 bits per heavy atom. The minimum Gasteiger partial charge on any atom is -0.458 e. The van der Waals surface area contributed by atoms with Gasteiger partial charge in [-0.25, -0.2) is 14.2 Å². The van der Waals surface area contributed by atoms with Crippen LogP contribution in [0.15, 0.2) is 21.8 Å². The Labute approximate surface area is 199 Å². The van der Waals surface area contributed by atoms with Crippen molar-refractivity contribution in [1.82, 2.24) is 9.55 Å². The molecule has 3 aromatic rings. The number of benzene rings is 1. The smallest absolute Gasteiger partial charge is 0.343 e. The number of carbonyl (C=O) groups excluding carboxylic acids is 1. The fourth-order valence-electron chi connectivity index (χ4n) is 6.03. The van der Waals surface area contributed by atoms with Crippen molar-refractivity contribution >= 4 is 28.6 Å². The molecule has 1 aliphatic carbocycles. The van der Waals surface area contributed by atoms with E-state index in [0.29, 0.717) is 52.0 Å². The van der Waals surface area contributed by atoms with Gasteiger partial charge in [0.1, 0.15) is 12.4 Å². The Hall–Kier alpha value is -2.71. The molecule has 1 N–H and O–H groups in total. The van der Waals surface area contributed by atoms with Gasteiger partial charge in [0, 0.05) is 33.2 Å². The lowest BCUT2D eigenvalue weighted by molar-refractivity contribution is -0.172. The van der Waals surface area contributed by atoms with E-state index in [1.54, 1.807) is 29.3 Å². The zero-order valence-corrected chi connectivity index (χ0v) is 19.7. The molecule has 7 rings (SSSR count). The van der Waals surface area contributed by atoms with Gasteiger partial charge in [0.15, 0.2) is 5.60 Å². The summed E-state index contributed by atoms with van der Waals surface area (Å²) in [4.78, 5) is 31.8. The Morgan fingerprint density at radius 2 is 2.09 bits per heavy atom. The number of halogens is 1. The van der Waals surface area contributed by atoms with E-state index in [1.165, 1.54) is 24.5 Å². The highest BCUT2D eigenvalue weighted by atomic mass is 32.2. The first kappa shape index (κ1) is 20.6. The van der Waals surface area contributed by atoms with Crippen LogP contribution in [0, 0.1) is 18.7 Å². The van der Waals surface area contributed by atoms with Gasteiger partial charge in [-0.3, -0.25) is 4.79 Å². The Bertz CT molecular complexity index is 1530. The number of ether oxygens (including phenoxy) is 1. The van der Waals surface area contributed by atoms with Gasteiger partial charge in [-0.05, 0) is 55.2 Å². The molecule has 1 aromatic carbocycles. The molecule has 0 amide bonds. The lowest BCUT2D eigenvalue weighted by atomic mass is 9.85. The van der Waals surface area contributed by atoms with Crippen LogP contribution in [0.1, 0.15) is 59.9 Å². The quantitative estimate of drug-likeness (QED) is 0.437. The van der Waals surface area contributed by atoms with E-state index in [2.05, 4.69) is 0 Å². The predicted octanol–water partition coefficient (Wildman–Crippen LogP) is 4.13. The van der Waals surface area contributed by atoms with Crippen LogP contribution < -0.4 is 5.56 Å². The summed E-state index contributed by atoms with van der Waals surface area (Å²) in [5.41, 5.74) is 3.21. The number of nitrogens with zero attached hydrogens (tertiary/aromatic N) is 2. The van der Waals surface area contributed by atoms with E-state index in [1.807, 2.05) is 6.92 Å². The number of rotatable bonds is 2. The van der Waals surface area contributed by atoms with Gasteiger partial charge in [-0.1, -0.05) is 6.92 Å². The van der Waals surface area contributed by atoms with Crippen molar-refractivity contribution in [3.05, 3.63) is 56.1 Å². The Balaban J connectivity index is 1.56. The largest absolute Gasteiger partial charge is 0.458 e. The van der Waals surface area contributed by atoms with E-state index in [4.69, 9.17) is 9.72 Å². The monoisotopic (exact) mass is 478 g/mol. The summed E-state index contributed by atoms with van der Waals surface area (Å²) in [6.45, 7) is 3.75. The summed E-state index contributed by atoms with van der Waals surface area (Å²) >= 11 is 1.72. The summed E-state index contributed by atoms with van der Waals surface area (Å²) in [6.07, 6.45) is 2.47. The minimum absolute atomic E-state index is 0.0970. The molecule has 2 aromatic heterocycles. The van der Waals surface area contributed by atoms with E-state index in [0.717, 1.165) is 21.6 Å². The van der Waals surface area contributed by atoms with Crippen LogP contribution in [-0.4, -0.2) is 26.4 Å². The second kappa shape index (κ2) is 6.70. The Morgan fingerprint density at radius 1 is 1.29 bits per heavy atom. The predicted molar refractivity (Wildman–Crippen MR) is 125 cm³/mol. The molecule has 8 heteroatoms. The molecule has 1 unspecified atom stereocenters. The standard InChI is InChI=1S/C26H23FN2O4S/c1-3-26(32)16-6-19-22-13(8-29(19)24(30)14(16)9-33-25(26)31)20-15(12-4-5-12)10-34-23-11(2)17(27)7-18(28-22)21(20)23/h6-7,12,15,32H,3-5,8-10H2,1-2H3/t15?,26-/m0/s1. The first-order valence-electron chi connectivity index (χ1n) is 11.8. The normalized spacial score (nSPS) is 24.6. The molecule has 4 aliphatic rings. The van der Waals surface area contributed by atoms with Crippen LogP contribution in [0.4, 0.5) is 4.39 Å². The van der Waals surface area contributed by atoms with E-state index < -0.39 is 11.6 Å². The molecule has 2 atom stereocenters. The third-order valence-electron chi connectivity index (χ3n) is 8.13. The number of pyridine rings is 2. The van der Waals surface area contributed by atoms with Gasteiger partial charge in [-0.15, -0.1) is 11.8 Å². The maximum atomic E-state index is 14.9. The number of aliphatic hydroxyl groups is 1. The molecule has 5 heterocycles. The highest BCUT2D eigenvalue weighted by molar-refractivity contribution is 7.99. The molecule has 34 heavy (non-hydrogen) atoms. The second-order valence-corrected chi connectivity index (χ2v) is 10.9. The van der Waals surface area contributed by atoms with Crippen molar-refractivity contribution in [3.8, 4) is 11.4 Å². The van der Waals surface area contributed by atoms with Gasteiger partial charge < -0.3 is 14.4 Å². The number of thioether (sulfide) groups is 1. The number of hydrogen-bond donors (Lipinski definition) is 1. The van der Waals surface area contributed by atoms with E-state index in [9.17, 15) is 19.1 Å². The molecule has 0 saturated heterocycles. The second-order valence-electron chi connectivity index (χ2n) is 9.92. The first-order valence-corrected chi connectivity index (χ1v) is 12.8. The van der Waals surface area contributed by atoms with Crippen LogP contribution >= 0.6 is 11.8 Å². The summed E-state index contributed by atoms with van der Waals surface area (Å²) in [6, 6.07) is 3.24. The van der Waals surface area contributed by atoms with Crippen molar-refractivity contribution in [2.24, 2.45) is 5.92 Å². The van der Waals surface area contributed by atoms with Crippen molar-refractivity contribution in [2.45, 2.75) is 62.7 Å². The highest BCUT2D eigenvalue weighted by Gasteiger charge is 2.46. The number of esters is 1. The molecule has 1 saturated carbocycles. The molecule has 0 spiro atoms. The average molecular weight is 479 g/mol. The molecular weight excluding hydrogens is 455 g/mol. The van der Waals surface area contributed by atoms with Crippen molar-refractivity contribution < 1.29 is 19.0 Å². The summed E-state index contributed by atoms with van der Waals surface area (Å²) in [7, 11) is 0. The van der Waals surface area contributed by atoms with Crippen LogP contribution in [-0.2, 0) is 28.3 Å². The average Bonchev–Trinajstić information content (AvgIpc) is 3.61. The highest BCUT2D eigenvalue weighted by Crippen LogP contribution is 2.55. The third kappa shape index (κ3) is 2.48. The number of aromatic nitrogens is 2. The SMILES string of the molecule is CC[C@@]1(O)C(=O)OCc2c1cc1n(c2=O)Cc2c-1nc1cc(F)c(C)c3c1c2C(C1CC1)CS3. The zero-order valence-electron chi connectivity index (χ0n) is 18.9. The molecule has 3 aliphatic heterocycles. The van der Waals surface area contributed by atoms with Gasteiger partial charge in [0.2, 0.25) is 0 Å². The van der Waals surface area contributed by atoms with Gasteiger partial charge in [-0.2, -0.15) is 0 Å². The topological polar surface area (TPSA) is 81.4 Å². The molecule has 0 bridgehead atoms. The van der Waals surface area contributed by atoms with Crippen LogP contribution in [0.25, 0.3) is 22.3 Å². The number of cyclic esters (lactones) is 1. The van der Waals surface area contributed by atoms with Crippen LogP contribution in [0.2, 0.25) is 0 Å². The number of carbonyl (C=O) groups is 1. The third-order valence-corrected chi connectivity index (χ3v) is 9.45. The van der Waals surface area contributed by atoms with Crippen LogP contribution in [0.3, 0.4) is 0 Å². The van der Waals surface area contributed by atoms with Crippen LogP contribution in [0.5, 0.6) is 0 Å². The lowest BCUT2D eigenvalue weighted by Gasteiger charge is -2.31. The number of hydrogen-bond acceptors (Lipinski definition) is 6. The molecule has 1 fully saturated rings. The molecule has 174 valence electrons. The fourth-order valence-corrected chi connectivity index (χ4v) is 7.48. The summed E-state index contributed by atoms with van der Waals surface area (Å²) in [5.74, 6) is 0.832. The molecule has 0 radical (unpaired) electrons. The summed E-state index contributed by atoms with van der Waals surface area (Å²) < 4.78 is 21.7.